The van der Waals surface area contributed by atoms with Gasteiger partial charge in [0, 0.05) is 30.4 Å². The van der Waals surface area contributed by atoms with Crippen molar-refractivity contribution in [1.29, 1.82) is 0 Å². The number of pyridine rings is 2. The number of anilines is 3. The van der Waals surface area contributed by atoms with E-state index < -0.39 is 11.6 Å². The van der Waals surface area contributed by atoms with Gasteiger partial charge in [0.05, 0.1) is 5.52 Å². The first-order chi connectivity index (χ1) is 10.2. The summed E-state index contributed by atoms with van der Waals surface area (Å²) in [5.41, 5.74) is 1.43. The van der Waals surface area contributed by atoms with Crippen molar-refractivity contribution in [3.63, 3.8) is 0 Å². The minimum Gasteiger partial charge on any atom is -0.371 e. The zero-order chi connectivity index (χ0) is 14.8. The van der Waals surface area contributed by atoms with Crippen LogP contribution in [0.4, 0.5) is 26.1 Å². The third-order valence-electron chi connectivity index (χ3n) is 3.07. The fourth-order valence-corrected chi connectivity index (χ4v) is 2.07. The summed E-state index contributed by atoms with van der Waals surface area (Å²) in [5.74, 6) is -1.55. The van der Waals surface area contributed by atoms with Crippen LogP contribution in [-0.4, -0.2) is 17.0 Å². The van der Waals surface area contributed by atoms with E-state index >= 15 is 0 Å². The molecule has 0 bridgehead atoms. The van der Waals surface area contributed by atoms with Crippen molar-refractivity contribution in [2.24, 2.45) is 0 Å². The Labute approximate surface area is 119 Å². The van der Waals surface area contributed by atoms with Crippen molar-refractivity contribution >= 4 is 28.2 Å². The second-order valence-electron chi connectivity index (χ2n) is 4.40. The molecule has 21 heavy (non-hydrogen) atoms. The average Bonchev–Trinajstić information content (AvgIpc) is 2.50. The molecule has 0 aliphatic rings. The van der Waals surface area contributed by atoms with Crippen LogP contribution < -0.4 is 10.6 Å². The molecule has 6 heteroatoms. The molecular formula is C15H12F2N4. The summed E-state index contributed by atoms with van der Waals surface area (Å²) in [6, 6.07) is 9.90. The minimum atomic E-state index is -0.757. The van der Waals surface area contributed by atoms with E-state index in [1.807, 2.05) is 12.1 Å². The SMILES string of the molecule is CNc1nc(Nc2cccc3ncccc23)c(F)cc1F. The third-order valence-corrected chi connectivity index (χ3v) is 3.07. The molecule has 0 unspecified atom stereocenters. The number of nitrogens with one attached hydrogen (secondary N) is 2. The van der Waals surface area contributed by atoms with Crippen LogP contribution in [0.25, 0.3) is 10.9 Å². The molecule has 2 N–H and O–H groups in total. The predicted octanol–water partition coefficient (Wildman–Crippen LogP) is 3.69. The standard InChI is InChI=1S/C15H12F2N4/c1-18-14-10(16)8-11(17)15(21-14)20-13-6-2-5-12-9(13)4-3-7-19-12/h2-8H,1H3,(H2,18,20,21). The Morgan fingerprint density at radius 1 is 1.00 bits per heavy atom. The topological polar surface area (TPSA) is 49.8 Å². The van der Waals surface area contributed by atoms with Crippen LogP contribution in [0.1, 0.15) is 0 Å². The molecule has 0 atom stereocenters. The second kappa shape index (κ2) is 5.32. The maximum atomic E-state index is 13.8. The number of aromatic nitrogens is 2. The average molecular weight is 286 g/mol. The first kappa shape index (κ1) is 13.2. The second-order valence-corrected chi connectivity index (χ2v) is 4.40. The van der Waals surface area contributed by atoms with Gasteiger partial charge in [-0.25, -0.2) is 13.8 Å². The fourth-order valence-electron chi connectivity index (χ4n) is 2.07. The Balaban J connectivity index is 2.07. The summed E-state index contributed by atoms with van der Waals surface area (Å²) in [7, 11) is 1.52. The smallest absolute Gasteiger partial charge is 0.169 e. The van der Waals surface area contributed by atoms with Crippen molar-refractivity contribution in [2.75, 3.05) is 17.7 Å². The monoisotopic (exact) mass is 286 g/mol. The van der Waals surface area contributed by atoms with Crippen LogP contribution in [0.15, 0.2) is 42.6 Å². The molecule has 3 aromatic rings. The molecule has 0 amide bonds. The van der Waals surface area contributed by atoms with Crippen LogP contribution >= 0.6 is 0 Å². The highest BCUT2D eigenvalue weighted by Crippen LogP contribution is 2.27. The van der Waals surface area contributed by atoms with E-state index in [1.165, 1.54) is 7.05 Å². The largest absolute Gasteiger partial charge is 0.371 e. The highest BCUT2D eigenvalue weighted by Gasteiger charge is 2.12. The normalized spacial score (nSPS) is 10.6. The summed E-state index contributed by atoms with van der Waals surface area (Å²) in [6.45, 7) is 0. The van der Waals surface area contributed by atoms with Gasteiger partial charge in [-0.05, 0) is 24.3 Å². The van der Waals surface area contributed by atoms with Crippen LogP contribution in [0.5, 0.6) is 0 Å². The molecule has 4 nitrogen and oxygen atoms in total. The van der Waals surface area contributed by atoms with Crippen molar-refractivity contribution in [3.8, 4) is 0 Å². The van der Waals surface area contributed by atoms with Crippen molar-refractivity contribution in [1.82, 2.24) is 9.97 Å². The number of hydrogen-bond acceptors (Lipinski definition) is 4. The number of fused-ring (bicyclic) bond motifs is 1. The fraction of sp³-hybridized carbons (Fsp3) is 0.0667. The molecule has 0 saturated heterocycles. The number of rotatable bonds is 3. The highest BCUT2D eigenvalue weighted by atomic mass is 19.1. The Kier molecular flexibility index (Phi) is 3.35. The molecule has 0 fully saturated rings. The lowest BCUT2D eigenvalue weighted by Gasteiger charge is -2.11. The van der Waals surface area contributed by atoms with Crippen LogP contribution in [0.3, 0.4) is 0 Å². The van der Waals surface area contributed by atoms with Gasteiger partial charge in [0.2, 0.25) is 0 Å². The molecule has 0 aliphatic heterocycles. The lowest BCUT2D eigenvalue weighted by molar-refractivity contribution is 0.580. The number of halogens is 2. The van der Waals surface area contributed by atoms with E-state index in [1.54, 1.807) is 24.4 Å². The molecule has 3 rings (SSSR count). The van der Waals surface area contributed by atoms with Crippen LogP contribution in [0, 0.1) is 11.6 Å². The summed E-state index contributed by atoms with van der Waals surface area (Å²) in [4.78, 5) is 8.13. The van der Waals surface area contributed by atoms with Gasteiger partial charge in [-0.1, -0.05) is 6.07 Å². The lowest BCUT2D eigenvalue weighted by Crippen LogP contribution is -2.03. The zero-order valence-electron chi connectivity index (χ0n) is 11.2. The van der Waals surface area contributed by atoms with Gasteiger partial charge in [-0.15, -0.1) is 0 Å². The summed E-state index contributed by atoms with van der Waals surface area (Å²) >= 11 is 0. The third kappa shape index (κ3) is 2.47. The Morgan fingerprint density at radius 3 is 2.62 bits per heavy atom. The number of nitrogens with zero attached hydrogens (tertiary/aromatic N) is 2. The van der Waals surface area contributed by atoms with Gasteiger partial charge in [0.25, 0.3) is 0 Å². The van der Waals surface area contributed by atoms with E-state index in [0.29, 0.717) is 5.69 Å². The molecule has 1 aromatic carbocycles. The van der Waals surface area contributed by atoms with Crippen LogP contribution in [0.2, 0.25) is 0 Å². The summed E-state index contributed by atoms with van der Waals surface area (Å²) in [6.07, 6.45) is 1.68. The van der Waals surface area contributed by atoms with E-state index in [2.05, 4.69) is 20.6 Å². The first-order valence-corrected chi connectivity index (χ1v) is 6.33. The van der Waals surface area contributed by atoms with E-state index in [0.717, 1.165) is 17.0 Å². The Bertz CT molecular complexity index is 800. The van der Waals surface area contributed by atoms with E-state index in [-0.39, 0.29) is 11.6 Å². The first-order valence-electron chi connectivity index (χ1n) is 6.33. The van der Waals surface area contributed by atoms with Gasteiger partial charge in [-0.3, -0.25) is 4.98 Å². The molecule has 0 aliphatic carbocycles. The van der Waals surface area contributed by atoms with Gasteiger partial charge in [0.1, 0.15) is 0 Å². The van der Waals surface area contributed by atoms with Gasteiger partial charge in [-0.2, -0.15) is 0 Å². The van der Waals surface area contributed by atoms with Gasteiger partial charge < -0.3 is 10.6 Å². The molecular weight excluding hydrogens is 274 g/mol. The molecule has 2 heterocycles. The minimum absolute atomic E-state index is 0.0164. The number of hydrogen-bond donors (Lipinski definition) is 2. The van der Waals surface area contributed by atoms with Gasteiger partial charge in [0.15, 0.2) is 23.3 Å². The van der Waals surface area contributed by atoms with Crippen LogP contribution in [-0.2, 0) is 0 Å². The van der Waals surface area contributed by atoms with E-state index in [9.17, 15) is 8.78 Å². The van der Waals surface area contributed by atoms with Crippen molar-refractivity contribution in [3.05, 3.63) is 54.2 Å². The van der Waals surface area contributed by atoms with Crippen molar-refractivity contribution < 1.29 is 8.78 Å². The quantitative estimate of drug-likeness (QED) is 0.771. The Morgan fingerprint density at radius 2 is 1.81 bits per heavy atom. The number of benzene rings is 1. The van der Waals surface area contributed by atoms with Crippen molar-refractivity contribution in [2.45, 2.75) is 0 Å². The molecule has 0 saturated carbocycles. The Hall–Kier alpha value is -2.76. The maximum absolute atomic E-state index is 13.8. The molecule has 0 spiro atoms. The predicted molar refractivity (Wildman–Crippen MR) is 78.7 cm³/mol. The maximum Gasteiger partial charge on any atom is 0.169 e. The highest BCUT2D eigenvalue weighted by molar-refractivity contribution is 5.92. The molecule has 106 valence electrons. The van der Waals surface area contributed by atoms with E-state index in [4.69, 9.17) is 0 Å². The molecule has 0 radical (unpaired) electrons. The van der Waals surface area contributed by atoms with Gasteiger partial charge >= 0.3 is 0 Å². The lowest BCUT2D eigenvalue weighted by atomic mass is 10.2. The summed E-state index contributed by atoms with van der Waals surface area (Å²) < 4.78 is 27.3. The molecule has 2 aromatic heterocycles. The summed E-state index contributed by atoms with van der Waals surface area (Å²) in [5, 5.41) is 6.30. The zero-order valence-corrected chi connectivity index (χ0v) is 11.2.